The van der Waals surface area contributed by atoms with Crippen LogP contribution < -0.4 is 5.32 Å². The third-order valence-corrected chi connectivity index (χ3v) is 2.46. The van der Waals surface area contributed by atoms with Gasteiger partial charge in [-0.1, -0.05) is 0 Å². The SMILES string of the molecule is CN(CC(=O)OC(C)(C)C)C1CCNC1. The molecule has 0 aliphatic carbocycles. The summed E-state index contributed by atoms with van der Waals surface area (Å²) in [6.45, 7) is 8.07. The van der Waals surface area contributed by atoms with Gasteiger partial charge in [0.15, 0.2) is 0 Å². The van der Waals surface area contributed by atoms with Crippen LogP contribution in [0.15, 0.2) is 0 Å². The third-order valence-electron chi connectivity index (χ3n) is 2.46. The number of carbonyl (C=O) groups excluding carboxylic acids is 1. The van der Waals surface area contributed by atoms with Crippen LogP contribution in [-0.2, 0) is 9.53 Å². The lowest BCUT2D eigenvalue weighted by atomic mass is 10.2. The van der Waals surface area contributed by atoms with Gasteiger partial charge in [0.25, 0.3) is 0 Å². The molecule has 0 saturated carbocycles. The van der Waals surface area contributed by atoms with E-state index in [0.717, 1.165) is 19.5 Å². The summed E-state index contributed by atoms with van der Waals surface area (Å²) in [6.07, 6.45) is 1.11. The van der Waals surface area contributed by atoms with Crippen molar-refractivity contribution in [1.82, 2.24) is 10.2 Å². The maximum atomic E-state index is 11.5. The minimum absolute atomic E-state index is 0.142. The Morgan fingerprint density at radius 1 is 1.53 bits per heavy atom. The fraction of sp³-hybridized carbons (Fsp3) is 0.909. The summed E-state index contributed by atoms with van der Waals surface area (Å²) < 4.78 is 5.27. The van der Waals surface area contributed by atoms with Gasteiger partial charge in [-0.15, -0.1) is 0 Å². The maximum Gasteiger partial charge on any atom is 0.320 e. The normalized spacial score (nSPS) is 22.1. The summed E-state index contributed by atoms with van der Waals surface area (Å²) in [7, 11) is 1.97. The Morgan fingerprint density at radius 2 is 2.20 bits per heavy atom. The van der Waals surface area contributed by atoms with Crippen LogP contribution in [0.25, 0.3) is 0 Å². The molecule has 0 radical (unpaired) electrons. The number of carbonyl (C=O) groups is 1. The Morgan fingerprint density at radius 3 is 2.67 bits per heavy atom. The number of likely N-dealkylation sites (N-methyl/N-ethyl adjacent to an activating group) is 1. The highest BCUT2D eigenvalue weighted by Gasteiger charge is 2.23. The van der Waals surface area contributed by atoms with E-state index in [1.165, 1.54) is 0 Å². The highest BCUT2D eigenvalue weighted by molar-refractivity contribution is 5.72. The summed E-state index contributed by atoms with van der Waals surface area (Å²) in [6, 6.07) is 0.470. The fourth-order valence-electron chi connectivity index (χ4n) is 1.72. The summed E-state index contributed by atoms with van der Waals surface area (Å²) >= 11 is 0. The van der Waals surface area contributed by atoms with Crippen LogP contribution >= 0.6 is 0 Å². The number of hydrogen-bond acceptors (Lipinski definition) is 4. The predicted octanol–water partition coefficient (Wildman–Crippen LogP) is 0.622. The van der Waals surface area contributed by atoms with Crippen molar-refractivity contribution in [2.75, 3.05) is 26.7 Å². The Hall–Kier alpha value is -0.610. The number of hydrogen-bond donors (Lipinski definition) is 1. The van der Waals surface area contributed by atoms with Crippen LogP contribution in [0.2, 0.25) is 0 Å². The van der Waals surface area contributed by atoms with Gasteiger partial charge in [0.2, 0.25) is 0 Å². The van der Waals surface area contributed by atoms with Gasteiger partial charge in [0.05, 0.1) is 6.54 Å². The standard InChI is InChI=1S/C11H22N2O2/c1-11(2,3)15-10(14)8-13(4)9-5-6-12-7-9/h9,12H,5-8H2,1-4H3. The molecule has 1 rings (SSSR count). The number of rotatable bonds is 3. The fourth-order valence-corrected chi connectivity index (χ4v) is 1.72. The summed E-state index contributed by atoms with van der Waals surface area (Å²) in [5.41, 5.74) is -0.383. The molecule has 4 nitrogen and oxygen atoms in total. The van der Waals surface area contributed by atoms with E-state index in [9.17, 15) is 4.79 Å². The molecular weight excluding hydrogens is 192 g/mol. The van der Waals surface area contributed by atoms with Crippen molar-refractivity contribution in [3.8, 4) is 0 Å². The Kier molecular flexibility index (Phi) is 4.11. The van der Waals surface area contributed by atoms with Gasteiger partial charge in [-0.25, -0.2) is 0 Å². The molecule has 15 heavy (non-hydrogen) atoms. The first-order chi connectivity index (χ1) is 6.88. The second kappa shape index (κ2) is 4.94. The Balaban J connectivity index is 2.30. The molecule has 1 atom stereocenters. The van der Waals surface area contributed by atoms with Crippen LogP contribution in [-0.4, -0.2) is 49.2 Å². The van der Waals surface area contributed by atoms with Crippen molar-refractivity contribution in [3.05, 3.63) is 0 Å². The first-order valence-corrected chi connectivity index (χ1v) is 5.51. The van der Waals surface area contributed by atoms with Gasteiger partial charge >= 0.3 is 5.97 Å². The highest BCUT2D eigenvalue weighted by atomic mass is 16.6. The topological polar surface area (TPSA) is 41.6 Å². The van der Waals surface area contributed by atoms with Crippen molar-refractivity contribution < 1.29 is 9.53 Å². The zero-order chi connectivity index (χ0) is 11.5. The minimum atomic E-state index is -0.383. The van der Waals surface area contributed by atoms with Crippen molar-refractivity contribution in [3.63, 3.8) is 0 Å². The van der Waals surface area contributed by atoms with Crippen LogP contribution in [0.5, 0.6) is 0 Å². The molecule has 88 valence electrons. The highest BCUT2D eigenvalue weighted by Crippen LogP contribution is 2.09. The van der Waals surface area contributed by atoms with E-state index >= 15 is 0 Å². The molecule has 1 saturated heterocycles. The Labute approximate surface area is 92.0 Å². The van der Waals surface area contributed by atoms with Crippen molar-refractivity contribution in [2.45, 2.75) is 38.8 Å². The van der Waals surface area contributed by atoms with E-state index in [4.69, 9.17) is 4.74 Å². The molecule has 1 N–H and O–H groups in total. The second-order valence-corrected chi connectivity index (χ2v) is 5.15. The molecular formula is C11H22N2O2. The molecule has 0 aromatic heterocycles. The monoisotopic (exact) mass is 214 g/mol. The molecule has 1 aliphatic heterocycles. The summed E-state index contributed by atoms with van der Waals surface area (Å²) in [5, 5.41) is 3.28. The van der Waals surface area contributed by atoms with Crippen LogP contribution in [0.3, 0.4) is 0 Å². The smallest absolute Gasteiger partial charge is 0.320 e. The van der Waals surface area contributed by atoms with E-state index in [2.05, 4.69) is 10.2 Å². The molecule has 0 aromatic carbocycles. The Bertz CT molecular complexity index is 217. The largest absolute Gasteiger partial charge is 0.459 e. The van der Waals surface area contributed by atoms with Crippen molar-refractivity contribution in [1.29, 1.82) is 0 Å². The quantitative estimate of drug-likeness (QED) is 0.699. The van der Waals surface area contributed by atoms with Crippen LogP contribution in [0.4, 0.5) is 0 Å². The molecule has 1 fully saturated rings. The van der Waals surface area contributed by atoms with E-state index in [0.29, 0.717) is 12.6 Å². The number of esters is 1. The van der Waals surface area contributed by atoms with E-state index < -0.39 is 0 Å². The molecule has 0 aromatic rings. The molecule has 0 amide bonds. The van der Waals surface area contributed by atoms with Gasteiger partial charge in [-0.2, -0.15) is 0 Å². The van der Waals surface area contributed by atoms with Gasteiger partial charge in [-0.05, 0) is 40.8 Å². The zero-order valence-corrected chi connectivity index (χ0v) is 10.2. The van der Waals surface area contributed by atoms with E-state index in [-0.39, 0.29) is 11.6 Å². The molecule has 1 unspecified atom stereocenters. The molecule has 1 aliphatic rings. The van der Waals surface area contributed by atoms with Gasteiger partial charge in [0, 0.05) is 12.6 Å². The lowest BCUT2D eigenvalue weighted by Gasteiger charge is -2.25. The zero-order valence-electron chi connectivity index (χ0n) is 10.2. The van der Waals surface area contributed by atoms with Crippen molar-refractivity contribution in [2.24, 2.45) is 0 Å². The van der Waals surface area contributed by atoms with Gasteiger partial charge in [0.1, 0.15) is 5.60 Å². The maximum absolute atomic E-state index is 11.5. The van der Waals surface area contributed by atoms with Crippen LogP contribution in [0.1, 0.15) is 27.2 Å². The molecule has 4 heteroatoms. The third kappa shape index (κ3) is 4.62. The van der Waals surface area contributed by atoms with Gasteiger partial charge < -0.3 is 10.1 Å². The molecule has 0 spiro atoms. The average Bonchev–Trinajstić information content (AvgIpc) is 2.50. The van der Waals surface area contributed by atoms with Crippen molar-refractivity contribution >= 4 is 5.97 Å². The lowest BCUT2D eigenvalue weighted by Crippen LogP contribution is -2.39. The lowest BCUT2D eigenvalue weighted by molar-refractivity contribution is -0.156. The molecule has 1 heterocycles. The first-order valence-electron chi connectivity index (χ1n) is 5.51. The van der Waals surface area contributed by atoms with Crippen LogP contribution in [0, 0.1) is 0 Å². The number of nitrogens with one attached hydrogen (secondary N) is 1. The predicted molar refractivity (Wildman–Crippen MR) is 59.7 cm³/mol. The summed E-state index contributed by atoms with van der Waals surface area (Å²) in [4.78, 5) is 13.6. The average molecular weight is 214 g/mol. The second-order valence-electron chi connectivity index (χ2n) is 5.15. The van der Waals surface area contributed by atoms with E-state index in [1.807, 2.05) is 27.8 Å². The van der Waals surface area contributed by atoms with Gasteiger partial charge in [-0.3, -0.25) is 9.69 Å². The molecule has 0 bridgehead atoms. The first kappa shape index (κ1) is 12.5. The summed E-state index contributed by atoms with van der Waals surface area (Å²) in [5.74, 6) is -0.142. The number of nitrogens with zero attached hydrogens (tertiary/aromatic N) is 1. The minimum Gasteiger partial charge on any atom is -0.459 e. The number of ether oxygens (including phenoxy) is 1. The van der Waals surface area contributed by atoms with E-state index in [1.54, 1.807) is 0 Å².